The molecule has 1 aromatic heterocycles. The van der Waals surface area contributed by atoms with E-state index in [1.807, 2.05) is 30.3 Å². The summed E-state index contributed by atoms with van der Waals surface area (Å²) in [7, 11) is 0. The van der Waals surface area contributed by atoms with E-state index in [0.29, 0.717) is 27.8 Å². The number of anilines is 5. The molecule has 1 heterocycles. The number of nitrogens with one attached hydrogen (secondary N) is 3. The predicted octanol–water partition coefficient (Wildman–Crippen LogP) is 7.25. The van der Waals surface area contributed by atoms with Crippen molar-refractivity contribution < 1.29 is 13.6 Å². The van der Waals surface area contributed by atoms with Gasteiger partial charge in [-0.3, -0.25) is 9.78 Å². The maximum absolute atomic E-state index is 15.1. The number of pyridine rings is 1. The highest BCUT2D eigenvalue weighted by Gasteiger charge is 2.13. The van der Waals surface area contributed by atoms with Crippen LogP contribution in [0.1, 0.15) is 10.4 Å². The monoisotopic (exact) mass is 466 g/mol. The quantitative estimate of drug-likeness (QED) is 0.247. The second-order valence-electron chi connectivity index (χ2n) is 7.84. The number of halogens is 2. The van der Waals surface area contributed by atoms with Gasteiger partial charge < -0.3 is 16.0 Å². The van der Waals surface area contributed by atoms with Crippen LogP contribution in [0.3, 0.4) is 0 Å². The standard InChI is InChI=1S/C28H20F2N4O/c29-19-12-13-23-22(17-19)24(14-15-31-23)33-21-9-4-6-18(16-21)28(35)34-26-11-5-10-25(27(26)30)32-20-7-2-1-3-8-20/h1-17,32H,(H,31,33)(H,34,35). The average molecular weight is 466 g/mol. The molecule has 0 saturated carbocycles. The lowest BCUT2D eigenvalue weighted by atomic mass is 10.1. The van der Waals surface area contributed by atoms with Gasteiger partial charge in [0.05, 0.1) is 16.9 Å². The molecule has 0 saturated heterocycles. The Labute approximate surface area is 200 Å². The van der Waals surface area contributed by atoms with Crippen LogP contribution in [0.15, 0.2) is 103 Å². The highest BCUT2D eigenvalue weighted by Crippen LogP contribution is 2.28. The maximum atomic E-state index is 15.1. The van der Waals surface area contributed by atoms with Gasteiger partial charge in [0.2, 0.25) is 0 Å². The number of para-hydroxylation sites is 1. The molecule has 7 heteroatoms. The van der Waals surface area contributed by atoms with Gasteiger partial charge in [0.25, 0.3) is 5.91 Å². The third-order valence-electron chi connectivity index (χ3n) is 5.41. The Morgan fingerprint density at radius 1 is 0.686 bits per heavy atom. The Hall–Kier alpha value is -4.78. The van der Waals surface area contributed by atoms with Crippen molar-refractivity contribution >= 4 is 45.2 Å². The first kappa shape index (κ1) is 22.0. The second-order valence-corrected chi connectivity index (χ2v) is 7.84. The van der Waals surface area contributed by atoms with E-state index in [9.17, 15) is 9.18 Å². The summed E-state index contributed by atoms with van der Waals surface area (Å²) in [6.45, 7) is 0. The van der Waals surface area contributed by atoms with E-state index < -0.39 is 11.7 Å². The smallest absolute Gasteiger partial charge is 0.255 e. The minimum atomic E-state index is -0.565. The maximum Gasteiger partial charge on any atom is 0.255 e. The van der Waals surface area contributed by atoms with Crippen LogP contribution in [0, 0.1) is 11.6 Å². The van der Waals surface area contributed by atoms with Crippen LogP contribution in [-0.4, -0.2) is 10.9 Å². The van der Waals surface area contributed by atoms with E-state index in [0.717, 1.165) is 5.69 Å². The lowest BCUT2D eigenvalue weighted by Crippen LogP contribution is -2.13. The summed E-state index contributed by atoms with van der Waals surface area (Å²) in [6, 6.07) is 26.8. The number of hydrogen-bond donors (Lipinski definition) is 3. The molecule has 0 unspecified atom stereocenters. The molecule has 0 bridgehead atoms. The number of hydrogen-bond acceptors (Lipinski definition) is 4. The van der Waals surface area contributed by atoms with E-state index in [1.165, 1.54) is 18.2 Å². The van der Waals surface area contributed by atoms with Gasteiger partial charge in [-0.05, 0) is 66.7 Å². The number of nitrogens with zero attached hydrogens (tertiary/aromatic N) is 1. The minimum absolute atomic E-state index is 0.0601. The molecule has 1 amide bonds. The fourth-order valence-corrected chi connectivity index (χ4v) is 3.72. The van der Waals surface area contributed by atoms with Gasteiger partial charge in [-0.1, -0.05) is 30.3 Å². The SMILES string of the molecule is O=C(Nc1cccc(Nc2ccccc2)c1F)c1cccc(Nc2ccnc3ccc(F)cc23)c1. The molecular weight excluding hydrogens is 446 g/mol. The zero-order valence-corrected chi connectivity index (χ0v) is 18.4. The van der Waals surface area contributed by atoms with Crippen LogP contribution < -0.4 is 16.0 Å². The highest BCUT2D eigenvalue weighted by atomic mass is 19.1. The molecule has 0 fully saturated rings. The molecule has 0 atom stereocenters. The van der Waals surface area contributed by atoms with Gasteiger partial charge in [0, 0.05) is 34.2 Å². The molecule has 4 aromatic carbocycles. The first-order valence-electron chi connectivity index (χ1n) is 10.9. The van der Waals surface area contributed by atoms with Crippen molar-refractivity contribution in [1.29, 1.82) is 0 Å². The first-order valence-corrected chi connectivity index (χ1v) is 10.9. The summed E-state index contributed by atoms with van der Waals surface area (Å²) < 4.78 is 28.8. The Kier molecular flexibility index (Phi) is 6.05. The second kappa shape index (κ2) is 9.61. The Bertz CT molecular complexity index is 1520. The first-order chi connectivity index (χ1) is 17.1. The van der Waals surface area contributed by atoms with Crippen LogP contribution >= 0.6 is 0 Å². The normalized spacial score (nSPS) is 10.7. The largest absolute Gasteiger partial charge is 0.355 e. The Morgan fingerprint density at radius 3 is 2.29 bits per heavy atom. The fraction of sp³-hybridized carbons (Fsp3) is 0. The van der Waals surface area contributed by atoms with Crippen molar-refractivity contribution in [1.82, 2.24) is 4.98 Å². The molecule has 0 aliphatic carbocycles. The van der Waals surface area contributed by atoms with E-state index in [4.69, 9.17) is 0 Å². The number of fused-ring (bicyclic) bond motifs is 1. The Morgan fingerprint density at radius 2 is 1.43 bits per heavy atom. The topological polar surface area (TPSA) is 66.1 Å². The van der Waals surface area contributed by atoms with E-state index in [2.05, 4.69) is 20.9 Å². The fourth-order valence-electron chi connectivity index (χ4n) is 3.72. The van der Waals surface area contributed by atoms with Crippen LogP contribution in [0.2, 0.25) is 0 Å². The molecule has 5 rings (SSSR count). The lowest BCUT2D eigenvalue weighted by Gasteiger charge is -2.13. The number of aromatic nitrogens is 1. The summed E-state index contributed by atoms with van der Waals surface area (Å²) >= 11 is 0. The van der Waals surface area contributed by atoms with Gasteiger partial charge in [-0.2, -0.15) is 0 Å². The van der Waals surface area contributed by atoms with E-state index >= 15 is 4.39 Å². The molecule has 0 spiro atoms. The predicted molar refractivity (Wildman–Crippen MR) is 136 cm³/mol. The summed E-state index contributed by atoms with van der Waals surface area (Å²) in [5, 5.41) is 9.48. The molecule has 5 nitrogen and oxygen atoms in total. The van der Waals surface area contributed by atoms with Crippen molar-refractivity contribution in [3.8, 4) is 0 Å². The van der Waals surface area contributed by atoms with Crippen molar-refractivity contribution in [3.05, 3.63) is 120 Å². The molecule has 0 radical (unpaired) electrons. The molecular formula is C28H20F2N4O. The van der Waals surface area contributed by atoms with Crippen LogP contribution in [0.4, 0.5) is 37.2 Å². The number of carbonyl (C=O) groups excluding carboxylic acids is 1. The molecule has 35 heavy (non-hydrogen) atoms. The molecule has 3 N–H and O–H groups in total. The molecule has 5 aromatic rings. The van der Waals surface area contributed by atoms with E-state index in [1.54, 1.807) is 54.7 Å². The molecule has 0 aliphatic heterocycles. The van der Waals surface area contributed by atoms with Gasteiger partial charge in [-0.15, -0.1) is 0 Å². The van der Waals surface area contributed by atoms with Crippen LogP contribution in [0.25, 0.3) is 10.9 Å². The van der Waals surface area contributed by atoms with Gasteiger partial charge in [0.1, 0.15) is 5.82 Å². The lowest BCUT2D eigenvalue weighted by molar-refractivity contribution is 0.102. The van der Waals surface area contributed by atoms with Crippen molar-refractivity contribution in [2.45, 2.75) is 0 Å². The van der Waals surface area contributed by atoms with Crippen molar-refractivity contribution in [2.75, 3.05) is 16.0 Å². The van der Waals surface area contributed by atoms with Crippen LogP contribution in [0.5, 0.6) is 0 Å². The summed E-state index contributed by atoms with van der Waals surface area (Å²) in [4.78, 5) is 17.2. The number of carbonyl (C=O) groups is 1. The zero-order valence-electron chi connectivity index (χ0n) is 18.4. The molecule has 0 aliphatic rings. The summed E-state index contributed by atoms with van der Waals surface area (Å²) in [5.41, 5.74) is 3.29. The van der Waals surface area contributed by atoms with Gasteiger partial charge in [0.15, 0.2) is 5.82 Å². The highest BCUT2D eigenvalue weighted by molar-refractivity contribution is 6.05. The van der Waals surface area contributed by atoms with Gasteiger partial charge >= 0.3 is 0 Å². The Balaban J connectivity index is 1.36. The third kappa shape index (κ3) is 4.94. The number of rotatable bonds is 6. The van der Waals surface area contributed by atoms with E-state index in [-0.39, 0.29) is 17.2 Å². The van der Waals surface area contributed by atoms with Crippen LogP contribution in [-0.2, 0) is 0 Å². The average Bonchev–Trinajstić information content (AvgIpc) is 2.87. The minimum Gasteiger partial charge on any atom is -0.355 e. The van der Waals surface area contributed by atoms with Gasteiger partial charge in [-0.25, -0.2) is 8.78 Å². The zero-order chi connectivity index (χ0) is 24.2. The van der Waals surface area contributed by atoms with Crippen molar-refractivity contribution in [3.63, 3.8) is 0 Å². The number of amides is 1. The summed E-state index contributed by atoms with van der Waals surface area (Å²) in [6.07, 6.45) is 1.62. The summed E-state index contributed by atoms with van der Waals surface area (Å²) in [5.74, 6) is -1.40. The third-order valence-corrected chi connectivity index (χ3v) is 5.41. The van der Waals surface area contributed by atoms with Crippen molar-refractivity contribution in [2.24, 2.45) is 0 Å². The molecule has 172 valence electrons. The number of benzene rings is 4.